The van der Waals surface area contributed by atoms with Gasteiger partial charge in [-0.25, -0.2) is 4.98 Å². The van der Waals surface area contributed by atoms with Gasteiger partial charge in [-0.15, -0.1) is 0 Å². The zero-order chi connectivity index (χ0) is 12.8. The Balaban J connectivity index is 1.75. The van der Waals surface area contributed by atoms with Gasteiger partial charge in [-0.1, -0.05) is 17.7 Å². The van der Waals surface area contributed by atoms with Crippen LogP contribution in [0.4, 0.5) is 0 Å². The minimum absolute atomic E-state index is 0.272. The highest BCUT2D eigenvalue weighted by atomic mass is 35.5. The molecule has 1 aromatic rings. The molecule has 2 saturated heterocycles. The molecular weight excluding hydrogens is 246 g/mol. The monoisotopic (exact) mass is 265 g/mol. The molecule has 3 heterocycles. The Bertz CT molecular complexity index is 429. The summed E-state index contributed by atoms with van der Waals surface area (Å²) in [7, 11) is 0. The third-order valence-electron chi connectivity index (χ3n) is 4.68. The van der Waals surface area contributed by atoms with E-state index in [1.807, 2.05) is 12.3 Å². The topological polar surface area (TPSA) is 28.2 Å². The van der Waals surface area contributed by atoms with E-state index in [-0.39, 0.29) is 5.54 Å². The molecule has 2 aliphatic heterocycles. The second-order valence-electron chi connectivity index (χ2n) is 6.05. The zero-order valence-electron chi connectivity index (χ0n) is 11.0. The van der Waals surface area contributed by atoms with Gasteiger partial charge in [0.2, 0.25) is 0 Å². The number of hydrogen-bond donors (Lipinski definition) is 1. The summed E-state index contributed by atoms with van der Waals surface area (Å²) in [5.41, 5.74) is 1.52. The number of aromatic nitrogens is 1. The highest BCUT2D eigenvalue weighted by Crippen LogP contribution is 2.41. The first kappa shape index (κ1) is 12.4. The van der Waals surface area contributed by atoms with Crippen LogP contribution in [-0.2, 0) is 6.54 Å². The first-order valence-electron chi connectivity index (χ1n) is 6.63. The van der Waals surface area contributed by atoms with E-state index in [1.54, 1.807) is 0 Å². The average molecular weight is 266 g/mol. The van der Waals surface area contributed by atoms with Gasteiger partial charge in [0.25, 0.3) is 0 Å². The number of halogens is 1. The molecule has 2 aliphatic rings. The van der Waals surface area contributed by atoms with Crippen LogP contribution in [0.3, 0.4) is 0 Å². The number of rotatable bonds is 2. The molecule has 2 fully saturated rings. The lowest BCUT2D eigenvalue weighted by Crippen LogP contribution is -2.43. The quantitative estimate of drug-likeness (QED) is 0.831. The maximum absolute atomic E-state index is 5.83. The smallest absolute Gasteiger partial charge is 0.129 e. The molecular formula is C14H20ClN3. The van der Waals surface area contributed by atoms with Crippen LogP contribution in [0.2, 0.25) is 5.15 Å². The third kappa shape index (κ3) is 2.04. The summed E-state index contributed by atoms with van der Waals surface area (Å²) in [6.45, 7) is 9.23. The first-order chi connectivity index (χ1) is 8.57. The van der Waals surface area contributed by atoms with Crippen molar-refractivity contribution >= 4 is 11.6 Å². The second-order valence-corrected chi connectivity index (χ2v) is 6.44. The molecule has 98 valence electrons. The van der Waals surface area contributed by atoms with Crippen molar-refractivity contribution in [1.29, 1.82) is 0 Å². The predicted octanol–water partition coefficient (Wildman–Crippen LogP) is 2.16. The average Bonchev–Trinajstić information content (AvgIpc) is 2.87. The van der Waals surface area contributed by atoms with E-state index < -0.39 is 0 Å². The van der Waals surface area contributed by atoms with Crippen LogP contribution in [-0.4, -0.2) is 35.1 Å². The Labute approximate surface area is 114 Å². The summed E-state index contributed by atoms with van der Waals surface area (Å²) in [6.07, 6.45) is 1.89. The molecule has 2 atom stereocenters. The Morgan fingerprint density at radius 3 is 2.94 bits per heavy atom. The number of pyridine rings is 1. The normalized spacial score (nSPS) is 30.6. The molecule has 4 heteroatoms. The van der Waals surface area contributed by atoms with Crippen LogP contribution in [0.1, 0.15) is 19.4 Å². The van der Waals surface area contributed by atoms with E-state index in [2.05, 4.69) is 35.1 Å². The van der Waals surface area contributed by atoms with Gasteiger partial charge in [0.1, 0.15) is 5.15 Å². The number of likely N-dealkylation sites (tertiary alicyclic amines) is 1. The highest BCUT2D eigenvalue weighted by molar-refractivity contribution is 6.29. The molecule has 1 aromatic heterocycles. The summed E-state index contributed by atoms with van der Waals surface area (Å²) < 4.78 is 0. The van der Waals surface area contributed by atoms with Crippen molar-refractivity contribution in [2.75, 3.05) is 19.6 Å². The SMILES string of the molecule is CC1(C)C2CNCC2CN1Cc1ccc(Cl)nc1. The number of nitrogens with one attached hydrogen (secondary N) is 1. The van der Waals surface area contributed by atoms with Gasteiger partial charge in [0, 0.05) is 31.4 Å². The number of fused-ring (bicyclic) bond motifs is 1. The van der Waals surface area contributed by atoms with Crippen molar-refractivity contribution in [3.05, 3.63) is 29.0 Å². The molecule has 3 nitrogen and oxygen atoms in total. The van der Waals surface area contributed by atoms with E-state index in [9.17, 15) is 0 Å². The molecule has 0 bridgehead atoms. The molecule has 0 spiro atoms. The minimum Gasteiger partial charge on any atom is -0.316 e. The maximum Gasteiger partial charge on any atom is 0.129 e. The van der Waals surface area contributed by atoms with Crippen LogP contribution in [0.25, 0.3) is 0 Å². The van der Waals surface area contributed by atoms with Crippen molar-refractivity contribution < 1.29 is 0 Å². The molecule has 0 aliphatic carbocycles. The van der Waals surface area contributed by atoms with Gasteiger partial charge in [0.05, 0.1) is 0 Å². The first-order valence-corrected chi connectivity index (χ1v) is 7.01. The summed E-state index contributed by atoms with van der Waals surface area (Å²) in [6, 6.07) is 3.96. The van der Waals surface area contributed by atoms with Crippen LogP contribution >= 0.6 is 11.6 Å². The Morgan fingerprint density at radius 2 is 2.28 bits per heavy atom. The molecule has 0 radical (unpaired) electrons. The Kier molecular flexibility index (Phi) is 3.08. The summed E-state index contributed by atoms with van der Waals surface area (Å²) >= 11 is 5.83. The Morgan fingerprint density at radius 1 is 1.44 bits per heavy atom. The van der Waals surface area contributed by atoms with Gasteiger partial charge in [-0.3, -0.25) is 4.90 Å². The number of nitrogens with zero attached hydrogens (tertiary/aromatic N) is 2. The fraction of sp³-hybridized carbons (Fsp3) is 0.643. The fourth-order valence-electron chi connectivity index (χ4n) is 3.49. The van der Waals surface area contributed by atoms with Gasteiger partial charge >= 0.3 is 0 Å². The van der Waals surface area contributed by atoms with Crippen LogP contribution in [0.15, 0.2) is 18.3 Å². The number of hydrogen-bond acceptors (Lipinski definition) is 3. The maximum atomic E-state index is 5.83. The minimum atomic E-state index is 0.272. The summed E-state index contributed by atoms with van der Waals surface area (Å²) in [5.74, 6) is 1.58. The van der Waals surface area contributed by atoms with Crippen LogP contribution in [0.5, 0.6) is 0 Å². The molecule has 0 aromatic carbocycles. The van der Waals surface area contributed by atoms with Gasteiger partial charge < -0.3 is 5.32 Å². The van der Waals surface area contributed by atoms with Crippen LogP contribution in [0, 0.1) is 11.8 Å². The van der Waals surface area contributed by atoms with Gasteiger partial charge in [-0.2, -0.15) is 0 Å². The van der Waals surface area contributed by atoms with E-state index in [4.69, 9.17) is 11.6 Å². The third-order valence-corrected chi connectivity index (χ3v) is 4.90. The standard InChI is InChI=1S/C14H20ClN3/c1-14(2)12-7-16-6-11(12)9-18(14)8-10-3-4-13(15)17-5-10/h3-5,11-12,16H,6-9H2,1-2H3. The van der Waals surface area contributed by atoms with E-state index in [0.717, 1.165) is 24.9 Å². The molecule has 0 amide bonds. The lowest BCUT2D eigenvalue weighted by atomic mass is 9.85. The van der Waals surface area contributed by atoms with Crippen molar-refractivity contribution in [2.24, 2.45) is 11.8 Å². The van der Waals surface area contributed by atoms with Crippen LogP contribution < -0.4 is 5.32 Å². The van der Waals surface area contributed by atoms with Crippen molar-refractivity contribution in [3.8, 4) is 0 Å². The summed E-state index contributed by atoms with van der Waals surface area (Å²) in [5, 5.41) is 4.09. The van der Waals surface area contributed by atoms with Gasteiger partial charge in [0.15, 0.2) is 0 Å². The second kappa shape index (κ2) is 4.48. The van der Waals surface area contributed by atoms with Gasteiger partial charge in [-0.05, 0) is 43.9 Å². The molecule has 2 unspecified atom stereocenters. The molecule has 0 saturated carbocycles. The predicted molar refractivity (Wildman–Crippen MR) is 73.6 cm³/mol. The van der Waals surface area contributed by atoms with E-state index >= 15 is 0 Å². The molecule has 3 rings (SSSR count). The van der Waals surface area contributed by atoms with E-state index in [0.29, 0.717) is 5.15 Å². The van der Waals surface area contributed by atoms with Crippen molar-refractivity contribution in [2.45, 2.75) is 25.9 Å². The molecule has 18 heavy (non-hydrogen) atoms. The van der Waals surface area contributed by atoms with E-state index in [1.165, 1.54) is 18.7 Å². The lowest BCUT2D eigenvalue weighted by Gasteiger charge is -2.35. The largest absolute Gasteiger partial charge is 0.316 e. The summed E-state index contributed by atoms with van der Waals surface area (Å²) in [4.78, 5) is 6.76. The zero-order valence-corrected chi connectivity index (χ0v) is 11.7. The van der Waals surface area contributed by atoms with Crippen molar-refractivity contribution in [3.63, 3.8) is 0 Å². The molecule has 1 N–H and O–H groups in total. The van der Waals surface area contributed by atoms with Crippen molar-refractivity contribution in [1.82, 2.24) is 15.2 Å². The fourth-order valence-corrected chi connectivity index (χ4v) is 3.60. The Hall–Kier alpha value is -0.640. The highest BCUT2D eigenvalue weighted by Gasteiger charge is 2.49. The lowest BCUT2D eigenvalue weighted by molar-refractivity contribution is 0.132.